The number of carbonyl (C=O) groups is 1. The standard InChI is InChI=1S/C16H24O3S/c1-3-5-6-7-13-20(18,19)15-11-9-14(10-12-15)16(17)8-4-2/h9-12H,3-8,13H2,1-2H3. The molecule has 3 nitrogen and oxygen atoms in total. The molecule has 0 bridgehead atoms. The highest BCUT2D eigenvalue weighted by molar-refractivity contribution is 7.91. The first-order valence-electron chi connectivity index (χ1n) is 7.37. The molecule has 0 aliphatic heterocycles. The van der Waals surface area contributed by atoms with Crippen LogP contribution in [0.5, 0.6) is 0 Å². The summed E-state index contributed by atoms with van der Waals surface area (Å²) in [5, 5.41) is 0. The third-order valence-electron chi connectivity index (χ3n) is 3.28. The minimum absolute atomic E-state index is 0.0689. The van der Waals surface area contributed by atoms with E-state index in [1.807, 2.05) is 6.92 Å². The average Bonchev–Trinajstić information content (AvgIpc) is 2.44. The Morgan fingerprint density at radius 3 is 2.15 bits per heavy atom. The second-order valence-corrected chi connectivity index (χ2v) is 7.19. The van der Waals surface area contributed by atoms with Crippen LogP contribution in [0.25, 0.3) is 0 Å². The Kier molecular flexibility index (Phi) is 6.93. The first-order valence-corrected chi connectivity index (χ1v) is 9.02. The Morgan fingerprint density at radius 1 is 0.950 bits per heavy atom. The summed E-state index contributed by atoms with van der Waals surface area (Å²) in [6.45, 7) is 4.05. The van der Waals surface area contributed by atoms with Gasteiger partial charge in [0, 0.05) is 12.0 Å². The van der Waals surface area contributed by atoms with Crippen molar-refractivity contribution in [2.24, 2.45) is 0 Å². The van der Waals surface area contributed by atoms with Crippen molar-refractivity contribution in [3.05, 3.63) is 29.8 Å². The summed E-state index contributed by atoms with van der Waals surface area (Å²) in [4.78, 5) is 12.0. The molecule has 0 N–H and O–H groups in total. The lowest BCUT2D eigenvalue weighted by Gasteiger charge is -2.05. The zero-order valence-corrected chi connectivity index (χ0v) is 13.2. The average molecular weight is 296 g/mol. The molecule has 0 radical (unpaired) electrons. The Morgan fingerprint density at radius 2 is 1.60 bits per heavy atom. The van der Waals surface area contributed by atoms with Crippen LogP contribution in [0.15, 0.2) is 29.2 Å². The summed E-state index contributed by atoms with van der Waals surface area (Å²) >= 11 is 0. The molecule has 0 fully saturated rings. The van der Waals surface area contributed by atoms with Gasteiger partial charge in [0.2, 0.25) is 0 Å². The fourth-order valence-electron chi connectivity index (χ4n) is 2.06. The molecule has 0 spiro atoms. The number of rotatable bonds is 9. The summed E-state index contributed by atoms with van der Waals surface area (Å²) in [5.74, 6) is 0.259. The van der Waals surface area contributed by atoms with E-state index in [1.54, 1.807) is 24.3 Å². The number of ketones is 1. The highest BCUT2D eigenvalue weighted by atomic mass is 32.2. The molecule has 0 heterocycles. The summed E-state index contributed by atoms with van der Waals surface area (Å²) in [7, 11) is -3.21. The zero-order valence-electron chi connectivity index (χ0n) is 12.4. The Labute approximate surface area is 122 Å². The van der Waals surface area contributed by atoms with E-state index in [0.29, 0.717) is 23.3 Å². The molecule has 0 aliphatic rings. The number of sulfone groups is 1. The van der Waals surface area contributed by atoms with Crippen molar-refractivity contribution in [2.75, 3.05) is 5.75 Å². The third-order valence-corrected chi connectivity index (χ3v) is 5.10. The van der Waals surface area contributed by atoms with Crippen molar-refractivity contribution in [1.29, 1.82) is 0 Å². The van der Waals surface area contributed by atoms with Crippen molar-refractivity contribution in [2.45, 2.75) is 57.3 Å². The molecule has 112 valence electrons. The fourth-order valence-corrected chi connectivity index (χ4v) is 3.43. The van der Waals surface area contributed by atoms with Crippen LogP contribution in [0.1, 0.15) is 62.7 Å². The van der Waals surface area contributed by atoms with Gasteiger partial charge in [0.25, 0.3) is 0 Å². The Bertz CT molecular complexity index is 515. The molecule has 0 aliphatic carbocycles. The SMILES string of the molecule is CCCCCCS(=O)(=O)c1ccc(C(=O)CCC)cc1. The van der Waals surface area contributed by atoms with Gasteiger partial charge in [-0.3, -0.25) is 4.79 Å². The number of unbranched alkanes of at least 4 members (excludes halogenated alkanes) is 3. The summed E-state index contributed by atoms with van der Waals surface area (Å²) < 4.78 is 24.2. The van der Waals surface area contributed by atoms with E-state index in [9.17, 15) is 13.2 Å². The van der Waals surface area contributed by atoms with Gasteiger partial charge in [0.15, 0.2) is 15.6 Å². The molecular formula is C16H24O3S. The van der Waals surface area contributed by atoms with E-state index in [2.05, 4.69) is 6.92 Å². The smallest absolute Gasteiger partial charge is 0.178 e. The van der Waals surface area contributed by atoms with Crippen LogP contribution in [-0.4, -0.2) is 20.0 Å². The van der Waals surface area contributed by atoms with Gasteiger partial charge < -0.3 is 0 Å². The first kappa shape index (κ1) is 16.9. The molecule has 1 aromatic rings. The molecule has 1 aromatic carbocycles. The number of benzene rings is 1. The molecule has 0 amide bonds. The lowest BCUT2D eigenvalue weighted by Crippen LogP contribution is -2.07. The van der Waals surface area contributed by atoms with Gasteiger partial charge in [-0.2, -0.15) is 0 Å². The molecule has 0 unspecified atom stereocenters. The Hall–Kier alpha value is -1.16. The van der Waals surface area contributed by atoms with Crippen molar-refractivity contribution < 1.29 is 13.2 Å². The normalized spacial score (nSPS) is 11.5. The molecule has 0 saturated carbocycles. The van der Waals surface area contributed by atoms with Crippen LogP contribution in [-0.2, 0) is 9.84 Å². The largest absolute Gasteiger partial charge is 0.294 e. The summed E-state index contributed by atoms with van der Waals surface area (Å²) in [6, 6.07) is 6.35. The van der Waals surface area contributed by atoms with Gasteiger partial charge in [0.1, 0.15) is 0 Å². The molecule has 0 atom stereocenters. The van der Waals surface area contributed by atoms with Crippen LogP contribution in [0.4, 0.5) is 0 Å². The van der Waals surface area contributed by atoms with E-state index in [4.69, 9.17) is 0 Å². The number of hydrogen-bond acceptors (Lipinski definition) is 3. The minimum atomic E-state index is -3.21. The molecular weight excluding hydrogens is 272 g/mol. The molecule has 20 heavy (non-hydrogen) atoms. The van der Waals surface area contributed by atoms with Gasteiger partial charge in [-0.15, -0.1) is 0 Å². The number of hydrogen-bond donors (Lipinski definition) is 0. The maximum atomic E-state index is 12.1. The van der Waals surface area contributed by atoms with Gasteiger partial charge in [-0.1, -0.05) is 45.2 Å². The lowest BCUT2D eigenvalue weighted by atomic mass is 10.1. The second-order valence-electron chi connectivity index (χ2n) is 5.08. The van der Waals surface area contributed by atoms with E-state index in [0.717, 1.165) is 25.7 Å². The third kappa shape index (κ3) is 5.08. The van der Waals surface area contributed by atoms with Crippen LogP contribution in [0, 0.1) is 0 Å². The fraction of sp³-hybridized carbons (Fsp3) is 0.562. The maximum Gasteiger partial charge on any atom is 0.178 e. The second kappa shape index (κ2) is 8.20. The van der Waals surface area contributed by atoms with Crippen molar-refractivity contribution in [3.8, 4) is 0 Å². The summed E-state index contributed by atoms with van der Waals surface area (Å²) in [6.07, 6.45) is 5.11. The first-order chi connectivity index (χ1) is 9.51. The zero-order chi connectivity index (χ0) is 15.0. The molecule has 4 heteroatoms. The summed E-state index contributed by atoms with van der Waals surface area (Å²) in [5.41, 5.74) is 0.594. The topological polar surface area (TPSA) is 51.2 Å². The van der Waals surface area contributed by atoms with Crippen molar-refractivity contribution >= 4 is 15.6 Å². The monoisotopic (exact) mass is 296 g/mol. The van der Waals surface area contributed by atoms with Crippen molar-refractivity contribution in [1.82, 2.24) is 0 Å². The van der Waals surface area contributed by atoms with Gasteiger partial charge in [0.05, 0.1) is 10.6 Å². The highest BCUT2D eigenvalue weighted by Crippen LogP contribution is 2.16. The van der Waals surface area contributed by atoms with E-state index in [1.165, 1.54) is 0 Å². The van der Waals surface area contributed by atoms with E-state index in [-0.39, 0.29) is 11.5 Å². The number of carbonyl (C=O) groups excluding carboxylic acids is 1. The van der Waals surface area contributed by atoms with E-state index >= 15 is 0 Å². The van der Waals surface area contributed by atoms with E-state index < -0.39 is 9.84 Å². The maximum absolute atomic E-state index is 12.1. The molecule has 0 saturated heterocycles. The highest BCUT2D eigenvalue weighted by Gasteiger charge is 2.14. The Balaban J connectivity index is 2.69. The minimum Gasteiger partial charge on any atom is -0.294 e. The van der Waals surface area contributed by atoms with Gasteiger partial charge in [-0.25, -0.2) is 8.42 Å². The predicted molar refractivity (Wildman–Crippen MR) is 81.9 cm³/mol. The van der Waals surface area contributed by atoms with Crippen LogP contribution in [0.3, 0.4) is 0 Å². The molecule has 0 aromatic heterocycles. The van der Waals surface area contributed by atoms with Crippen LogP contribution in [0.2, 0.25) is 0 Å². The molecule has 1 rings (SSSR count). The van der Waals surface area contributed by atoms with Gasteiger partial charge in [-0.05, 0) is 25.0 Å². The van der Waals surface area contributed by atoms with Crippen LogP contribution >= 0.6 is 0 Å². The van der Waals surface area contributed by atoms with Crippen molar-refractivity contribution in [3.63, 3.8) is 0 Å². The number of Topliss-reactive ketones (excluding diaryl/α,β-unsaturated/α-hetero) is 1. The predicted octanol–water partition coefficient (Wildman–Crippen LogP) is 4.02. The van der Waals surface area contributed by atoms with Crippen LogP contribution < -0.4 is 0 Å². The van der Waals surface area contributed by atoms with Gasteiger partial charge >= 0.3 is 0 Å². The lowest BCUT2D eigenvalue weighted by molar-refractivity contribution is 0.0981. The quantitative estimate of drug-likeness (QED) is 0.511.